The largest absolute Gasteiger partial charge is 0.299 e. The van der Waals surface area contributed by atoms with Crippen molar-refractivity contribution in [2.75, 3.05) is 32.7 Å². The zero-order valence-electron chi connectivity index (χ0n) is 11.1. The fourth-order valence-corrected chi connectivity index (χ4v) is 3.69. The Hall–Kier alpha value is -0.460. The van der Waals surface area contributed by atoms with Gasteiger partial charge < -0.3 is 0 Å². The molecule has 0 saturated carbocycles. The lowest BCUT2D eigenvalue weighted by Gasteiger charge is -2.50. The highest BCUT2D eigenvalue weighted by Gasteiger charge is 2.36. The van der Waals surface area contributed by atoms with Gasteiger partial charge in [-0.05, 0) is 18.1 Å². The second-order valence-electron chi connectivity index (χ2n) is 5.47. The molecule has 19 heavy (non-hydrogen) atoms. The summed E-state index contributed by atoms with van der Waals surface area (Å²) in [6.45, 7) is 5.92. The summed E-state index contributed by atoms with van der Waals surface area (Å²) in [6.07, 6.45) is 0.965. The van der Waals surface area contributed by atoms with E-state index in [-0.39, 0.29) is 0 Å². The van der Waals surface area contributed by atoms with Crippen LogP contribution in [0.3, 0.4) is 0 Å². The van der Waals surface area contributed by atoms with Crippen LogP contribution in [0.15, 0.2) is 28.7 Å². The predicted octanol–water partition coefficient (Wildman–Crippen LogP) is 0.823. The normalized spacial score (nSPS) is 31.4. The van der Waals surface area contributed by atoms with E-state index >= 15 is 0 Å². The highest BCUT2D eigenvalue weighted by Crippen LogP contribution is 2.23. The van der Waals surface area contributed by atoms with Crippen molar-refractivity contribution in [2.45, 2.75) is 18.5 Å². The monoisotopic (exact) mass is 324 g/mol. The molecule has 2 bridgehead atoms. The van der Waals surface area contributed by atoms with Crippen LogP contribution in [0.2, 0.25) is 0 Å². The lowest BCUT2D eigenvalue weighted by molar-refractivity contribution is -0.00316. The molecule has 0 radical (unpaired) electrons. The van der Waals surface area contributed by atoms with E-state index in [1.54, 1.807) is 0 Å². The molecule has 2 atom stereocenters. The van der Waals surface area contributed by atoms with Gasteiger partial charge in [0.25, 0.3) is 0 Å². The van der Waals surface area contributed by atoms with Gasteiger partial charge in [0, 0.05) is 49.3 Å². The number of fused-ring (bicyclic) bond motifs is 3. The molecule has 3 N–H and O–H groups in total. The fraction of sp³-hybridized carbons (Fsp3) is 0.571. The van der Waals surface area contributed by atoms with Crippen molar-refractivity contribution in [1.82, 2.24) is 15.2 Å². The van der Waals surface area contributed by atoms with Gasteiger partial charge in [0.1, 0.15) is 0 Å². The number of hydrogen-bond donors (Lipinski definition) is 2. The Balaban J connectivity index is 1.73. The third kappa shape index (κ3) is 2.85. The number of halogens is 1. The SMILES string of the molecule is NNC(Cc1ccccc1Br)C1CN2CCN1CC2. The molecule has 0 aromatic heterocycles. The lowest BCUT2D eigenvalue weighted by atomic mass is 9.95. The van der Waals surface area contributed by atoms with Gasteiger partial charge >= 0.3 is 0 Å². The summed E-state index contributed by atoms with van der Waals surface area (Å²) in [5, 5.41) is 0. The number of nitrogens with two attached hydrogens (primary N) is 1. The minimum Gasteiger partial charge on any atom is -0.299 e. The Bertz CT molecular complexity index is 431. The van der Waals surface area contributed by atoms with E-state index in [1.165, 1.54) is 36.2 Å². The molecular weight excluding hydrogens is 304 g/mol. The van der Waals surface area contributed by atoms with Gasteiger partial charge in [0.15, 0.2) is 0 Å². The van der Waals surface area contributed by atoms with Crippen LogP contribution in [0.25, 0.3) is 0 Å². The second-order valence-corrected chi connectivity index (χ2v) is 6.33. The average Bonchev–Trinajstić information content (AvgIpc) is 2.47. The molecule has 1 aromatic rings. The van der Waals surface area contributed by atoms with Crippen molar-refractivity contribution in [2.24, 2.45) is 5.84 Å². The molecule has 3 aliphatic heterocycles. The first-order chi connectivity index (χ1) is 9.28. The van der Waals surface area contributed by atoms with E-state index in [2.05, 4.69) is 55.4 Å². The van der Waals surface area contributed by atoms with E-state index in [4.69, 9.17) is 5.84 Å². The van der Waals surface area contributed by atoms with Crippen LogP contribution in [0, 0.1) is 0 Å². The van der Waals surface area contributed by atoms with Gasteiger partial charge in [0.05, 0.1) is 0 Å². The fourth-order valence-electron chi connectivity index (χ4n) is 3.25. The highest BCUT2D eigenvalue weighted by molar-refractivity contribution is 9.10. The Morgan fingerprint density at radius 2 is 2.00 bits per heavy atom. The third-order valence-electron chi connectivity index (χ3n) is 4.40. The maximum Gasteiger partial charge on any atom is 0.0419 e. The van der Waals surface area contributed by atoms with Crippen molar-refractivity contribution < 1.29 is 0 Å². The molecule has 4 rings (SSSR count). The van der Waals surface area contributed by atoms with E-state index in [9.17, 15) is 0 Å². The molecule has 0 amide bonds. The quantitative estimate of drug-likeness (QED) is 0.636. The van der Waals surface area contributed by atoms with Crippen LogP contribution in [0.4, 0.5) is 0 Å². The van der Waals surface area contributed by atoms with Crippen LogP contribution < -0.4 is 11.3 Å². The number of hydrogen-bond acceptors (Lipinski definition) is 4. The lowest BCUT2D eigenvalue weighted by Crippen LogP contribution is -2.67. The Morgan fingerprint density at radius 3 is 2.58 bits per heavy atom. The van der Waals surface area contributed by atoms with Gasteiger partial charge in [-0.25, -0.2) is 0 Å². The zero-order chi connectivity index (χ0) is 13.2. The van der Waals surface area contributed by atoms with Crippen LogP contribution >= 0.6 is 15.9 Å². The molecule has 5 heteroatoms. The predicted molar refractivity (Wildman–Crippen MR) is 80.8 cm³/mol. The molecule has 4 nitrogen and oxygen atoms in total. The number of benzene rings is 1. The number of nitrogens with zero attached hydrogens (tertiary/aromatic N) is 2. The maximum atomic E-state index is 5.82. The third-order valence-corrected chi connectivity index (χ3v) is 5.17. The molecule has 104 valence electrons. The molecule has 1 aromatic carbocycles. The molecule has 3 aliphatic rings. The summed E-state index contributed by atoms with van der Waals surface area (Å²) in [5.74, 6) is 5.82. The van der Waals surface area contributed by atoms with E-state index in [0.29, 0.717) is 12.1 Å². The summed E-state index contributed by atoms with van der Waals surface area (Å²) in [5.41, 5.74) is 4.37. The Labute approximate surface area is 123 Å². The van der Waals surface area contributed by atoms with Crippen molar-refractivity contribution in [1.29, 1.82) is 0 Å². The average molecular weight is 325 g/mol. The van der Waals surface area contributed by atoms with Crippen LogP contribution in [0.1, 0.15) is 5.56 Å². The van der Waals surface area contributed by atoms with E-state index < -0.39 is 0 Å². The summed E-state index contributed by atoms with van der Waals surface area (Å²) in [6, 6.07) is 9.24. The van der Waals surface area contributed by atoms with E-state index in [1.807, 2.05) is 0 Å². The first kappa shape index (κ1) is 13.5. The van der Waals surface area contributed by atoms with Crippen LogP contribution in [-0.2, 0) is 6.42 Å². The zero-order valence-corrected chi connectivity index (χ0v) is 12.6. The second kappa shape index (κ2) is 5.89. The Morgan fingerprint density at radius 1 is 1.26 bits per heavy atom. The first-order valence-corrected chi connectivity index (χ1v) is 7.73. The number of hydrazine groups is 1. The van der Waals surface area contributed by atoms with Crippen molar-refractivity contribution in [3.8, 4) is 0 Å². The minimum atomic E-state index is 0.307. The maximum absolute atomic E-state index is 5.82. The molecule has 0 spiro atoms. The molecule has 2 unspecified atom stereocenters. The number of piperazine rings is 3. The standard InChI is InChI=1S/C14H21BrN4/c15-12-4-2-1-3-11(12)9-13(17-16)14-10-18-5-7-19(14)8-6-18/h1-4,13-14,17H,5-10,16H2. The van der Waals surface area contributed by atoms with Crippen LogP contribution in [-0.4, -0.2) is 54.6 Å². The summed E-state index contributed by atoms with van der Waals surface area (Å²) in [7, 11) is 0. The molecule has 3 fully saturated rings. The van der Waals surface area contributed by atoms with Crippen molar-refractivity contribution in [3.05, 3.63) is 34.3 Å². The first-order valence-electron chi connectivity index (χ1n) is 6.94. The summed E-state index contributed by atoms with van der Waals surface area (Å²) >= 11 is 3.63. The smallest absolute Gasteiger partial charge is 0.0419 e. The minimum absolute atomic E-state index is 0.307. The molecule has 3 saturated heterocycles. The summed E-state index contributed by atoms with van der Waals surface area (Å²) < 4.78 is 1.17. The van der Waals surface area contributed by atoms with Crippen molar-refractivity contribution in [3.63, 3.8) is 0 Å². The Kier molecular flexibility index (Phi) is 4.19. The topological polar surface area (TPSA) is 44.5 Å². The van der Waals surface area contributed by atoms with E-state index in [0.717, 1.165) is 13.0 Å². The number of rotatable bonds is 4. The van der Waals surface area contributed by atoms with Gasteiger partial charge in [-0.1, -0.05) is 34.1 Å². The van der Waals surface area contributed by atoms with Gasteiger partial charge in [-0.2, -0.15) is 0 Å². The highest BCUT2D eigenvalue weighted by atomic mass is 79.9. The number of nitrogens with one attached hydrogen (secondary N) is 1. The molecule has 0 aliphatic carbocycles. The molecular formula is C14H21BrN4. The van der Waals surface area contributed by atoms with Crippen molar-refractivity contribution >= 4 is 15.9 Å². The van der Waals surface area contributed by atoms with Gasteiger partial charge in [-0.3, -0.25) is 21.1 Å². The van der Waals surface area contributed by atoms with Gasteiger partial charge in [0.2, 0.25) is 0 Å². The molecule has 3 heterocycles. The van der Waals surface area contributed by atoms with Gasteiger partial charge in [-0.15, -0.1) is 0 Å². The van der Waals surface area contributed by atoms with Crippen LogP contribution in [0.5, 0.6) is 0 Å². The summed E-state index contributed by atoms with van der Waals surface area (Å²) in [4.78, 5) is 5.14.